The molecule has 1 aromatic heterocycles. The third-order valence-corrected chi connectivity index (χ3v) is 3.24. The van der Waals surface area contributed by atoms with Gasteiger partial charge in [0.1, 0.15) is 16.6 Å². The fourth-order valence-corrected chi connectivity index (χ4v) is 2.22. The first-order valence-corrected chi connectivity index (χ1v) is 5.90. The summed E-state index contributed by atoms with van der Waals surface area (Å²) in [6.07, 6.45) is 0. The van der Waals surface area contributed by atoms with Crippen LogP contribution in [-0.2, 0) is 0 Å². The predicted octanol–water partition coefficient (Wildman–Crippen LogP) is 3.21. The van der Waals surface area contributed by atoms with Crippen molar-refractivity contribution in [3.8, 4) is 11.8 Å². The van der Waals surface area contributed by atoms with Crippen LogP contribution in [0.1, 0.15) is 11.3 Å². The molecule has 4 nitrogen and oxygen atoms in total. The molecule has 2 aromatic rings. The number of nitriles is 1. The Hall–Kier alpha value is -2.13. The maximum Gasteiger partial charge on any atom is 0.165 e. The van der Waals surface area contributed by atoms with Gasteiger partial charge in [-0.2, -0.15) is 9.64 Å². The molecule has 0 amide bonds. The first kappa shape index (κ1) is 12.3. The first-order valence-electron chi connectivity index (χ1n) is 5.12. The minimum atomic E-state index is -0.427. The summed E-state index contributed by atoms with van der Waals surface area (Å²) in [6, 6.07) is 6.50. The van der Waals surface area contributed by atoms with Crippen LogP contribution >= 0.6 is 11.5 Å². The van der Waals surface area contributed by atoms with E-state index in [0.29, 0.717) is 21.9 Å². The van der Waals surface area contributed by atoms with Gasteiger partial charge in [-0.05, 0) is 30.6 Å². The maximum atomic E-state index is 13.2. The van der Waals surface area contributed by atoms with Gasteiger partial charge in [-0.25, -0.2) is 4.39 Å². The van der Waals surface area contributed by atoms with Crippen LogP contribution in [-0.4, -0.2) is 11.5 Å². The summed E-state index contributed by atoms with van der Waals surface area (Å²) in [4.78, 5) is 0. The van der Waals surface area contributed by atoms with E-state index in [2.05, 4.69) is 15.8 Å². The molecule has 2 rings (SSSR count). The number of anilines is 2. The average Bonchev–Trinajstić information content (AvgIpc) is 2.72. The van der Waals surface area contributed by atoms with Gasteiger partial charge < -0.3 is 10.1 Å². The summed E-state index contributed by atoms with van der Waals surface area (Å²) in [5.74, 6) is -0.274. The lowest BCUT2D eigenvalue weighted by Gasteiger charge is -2.07. The highest BCUT2D eigenvalue weighted by Crippen LogP contribution is 2.29. The smallest absolute Gasteiger partial charge is 0.165 e. The Kier molecular flexibility index (Phi) is 3.44. The molecule has 0 spiro atoms. The molecule has 1 heterocycles. The van der Waals surface area contributed by atoms with Crippen molar-refractivity contribution < 1.29 is 9.13 Å². The van der Waals surface area contributed by atoms with Crippen molar-refractivity contribution in [1.82, 2.24) is 4.37 Å². The molecule has 92 valence electrons. The minimum absolute atomic E-state index is 0.153. The van der Waals surface area contributed by atoms with Gasteiger partial charge in [0.25, 0.3) is 0 Å². The normalized spacial score (nSPS) is 9.89. The largest absolute Gasteiger partial charge is 0.494 e. The van der Waals surface area contributed by atoms with Crippen LogP contribution in [0.25, 0.3) is 0 Å². The van der Waals surface area contributed by atoms with Crippen molar-refractivity contribution in [2.24, 2.45) is 0 Å². The Balaban J connectivity index is 2.32. The van der Waals surface area contributed by atoms with Gasteiger partial charge >= 0.3 is 0 Å². The maximum absolute atomic E-state index is 13.2. The fraction of sp³-hybridized carbons (Fsp3) is 0.167. The summed E-state index contributed by atoms with van der Waals surface area (Å²) >= 11 is 1.20. The van der Waals surface area contributed by atoms with Gasteiger partial charge in [0.15, 0.2) is 11.6 Å². The van der Waals surface area contributed by atoms with Gasteiger partial charge in [0.05, 0.1) is 12.8 Å². The van der Waals surface area contributed by atoms with E-state index in [-0.39, 0.29) is 5.75 Å². The third-order valence-electron chi connectivity index (χ3n) is 2.38. The number of hydrogen-bond acceptors (Lipinski definition) is 5. The van der Waals surface area contributed by atoms with E-state index in [1.165, 1.54) is 30.8 Å². The predicted molar refractivity (Wildman–Crippen MR) is 67.8 cm³/mol. The standard InChI is InChI=1S/C12H10FN3OS/c1-7-9(6-14)12(18-16-7)15-8-3-4-10(13)11(5-8)17-2/h3-5,15H,1-2H3. The zero-order chi connectivity index (χ0) is 13.1. The topological polar surface area (TPSA) is 57.9 Å². The molecule has 0 aliphatic rings. The molecule has 0 radical (unpaired) electrons. The highest BCUT2D eigenvalue weighted by Gasteiger charge is 2.11. The van der Waals surface area contributed by atoms with Crippen LogP contribution in [0.5, 0.6) is 5.75 Å². The van der Waals surface area contributed by atoms with Gasteiger partial charge in [-0.1, -0.05) is 0 Å². The fourth-order valence-electron chi connectivity index (χ4n) is 1.46. The highest BCUT2D eigenvalue weighted by molar-refractivity contribution is 7.10. The molecule has 0 saturated carbocycles. The van der Waals surface area contributed by atoms with Crippen molar-refractivity contribution in [2.45, 2.75) is 6.92 Å². The molecule has 0 bridgehead atoms. The number of ether oxygens (including phenoxy) is 1. The number of nitrogens with one attached hydrogen (secondary N) is 1. The average molecular weight is 263 g/mol. The molecule has 18 heavy (non-hydrogen) atoms. The zero-order valence-corrected chi connectivity index (χ0v) is 10.6. The van der Waals surface area contributed by atoms with Gasteiger partial charge in [0.2, 0.25) is 0 Å². The van der Waals surface area contributed by atoms with Crippen molar-refractivity contribution >= 4 is 22.2 Å². The number of rotatable bonds is 3. The molecule has 0 saturated heterocycles. The lowest BCUT2D eigenvalue weighted by Crippen LogP contribution is -1.93. The number of methoxy groups -OCH3 is 1. The van der Waals surface area contributed by atoms with Gasteiger partial charge in [0, 0.05) is 11.8 Å². The molecule has 0 unspecified atom stereocenters. The second-order valence-electron chi connectivity index (χ2n) is 3.56. The van der Waals surface area contributed by atoms with E-state index < -0.39 is 5.82 Å². The summed E-state index contributed by atoms with van der Waals surface area (Å²) in [7, 11) is 1.40. The van der Waals surface area contributed by atoms with Crippen LogP contribution in [0.15, 0.2) is 18.2 Å². The Morgan fingerprint density at radius 3 is 2.94 bits per heavy atom. The Labute approximate surface area is 108 Å². The van der Waals surface area contributed by atoms with Crippen LogP contribution < -0.4 is 10.1 Å². The Bertz CT molecular complexity index is 618. The van der Waals surface area contributed by atoms with E-state index in [4.69, 9.17) is 10.00 Å². The summed E-state index contributed by atoms with van der Waals surface area (Å²) in [6.45, 7) is 1.77. The van der Waals surface area contributed by atoms with E-state index in [1.807, 2.05) is 0 Å². The van der Waals surface area contributed by atoms with Crippen molar-refractivity contribution in [1.29, 1.82) is 5.26 Å². The molecule has 0 aliphatic heterocycles. The van der Waals surface area contributed by atoms with Gasteiger partial charge in [-0.3, -0.25) is 0 Å². The Morgan fingerprint density at radius 2 is 2.28 bits per heavy atom. The highest BCUT2D eigenvalue weighted by atomic mass is 32.1. The number of aromatic nitrogens is 1. The van der Waals surface area contributed by atoms with Crippen LogP contribution in [0.3, 0.4) is 0 Å². The molecule has 0 atom stereocenters. The first-order chi connectivity index (χ1) is 8.65. The molecular weight excluding hydrogens is 253 g/mol. The summed E-state index contributed by atoms with van der Waals surface area (Å²) in [5, 5.41) is 12.7. The number of nitrogens with zero attached hydrogens (tertiary/aromatic N) is 2. The number of halogens is 1. The minimum Gasteiger partial charge on any atom is -0.494 e. The third kappa shape index (κ3) is 2.26. The summed E-state index contributed by atoms with van der Waals surface area (Å²) in [5.41, 5.74) is 1.83. The van der Waals surface area contributed by atoms with E-state index >= 15 is 0 Å². The lowest BCUT2D eigenvalue weighted by atomic mass is 10.2. The molecule has 1 N–H and O–H groups in total. The molecular formula is C12H10FN3OS. The SMILES string of the molecule is COc1cc(Nc2snc(C)c2C#N)ccc1F. The van der Waals surface area contributed by atoms with Crippen LogP contribution in [0.2, 0.25) is 0 Å². The van der Waals surface area contributed by atoms with E-state index in [9.17, 15) is 4.39 Å². The number of aryl methyl sites for hydroxylation is 1. The monoisotopic (exact) mass is 263 g/mol. The summed E-state index contributed by atoms with van der Waals surface area (Å²) < 4.78 is 22.2. The van der Waals surface area contributed by atoms with Crippen LogP contribution in [0, 0.1) is 24.1 Å². The van der Waals surface area contributed by atoms with E-state index in [1.54, 1.807) is 13.0 Å². The number of benzene rings is 1. The van der Waals surface area contributed by atoms with Crippen molar-refractivity contribution in [3.05, 3.63) is 35.3 Å². The molecule has 0 fully saturated rings. The number of hydrogen-bond donors (Lipinski definition) is 1. The molecule has 1 aromatic carbocycles. The molecule has 0 aliphatic carbocycles. The Morgan fingerprint density at radius 1 is 1.50 bits per heavy atom. The van der Waals surface area contributed by atoms with Crippen molar-refractivity contribution in [2.75, 3.05) is 12.4 Å². The molecule has 6 heteroatoms. The second kappa shape index (κ2) is 5.02. The second-order valence-corrected chi connectivity index (χ2v) is 4.33. The van der Waals surface area contributed by atoms with Crippen molar-refractivity contribution in [3.63, 3.8) is 0 Å². The quantitative estimate of drug-likeness (QED) is 0.923. The zero-order valence-electron chi connectivity index (χ0n) is 9.82. The van der Waals surface area contributed by atoms with Gasteiger partial charge in [-0.15, -0.1) is 0 Å². The van der Waals surface area contributed by atoms with E-state index in [0.717, 1.165) is 0 Å². The van der Waals surface area contributed by atoms with Crippen LogP contribution in [0.4, 0.5) is 15.1 Å². The lowest BCUT2D eigenvalue weighted by molar-refractivity contribution is 0.387.